The number of nitrogens with one attached hydrogen (secondary N) is 1. The Balaban J connectivity index is 2.81. The Morgan fingerprint density at radius 3 is 2.85 bits per heavy atom. The lowest BCUT2D eigenvalue weighted by Gasteiger charge is -2.05. The Bertz CT molecular complexity index is 310. The molecule has 13 heavy (non-hydrogen) atoms. The molecule has 0 atom stereocenters. The van der Waals surface area contributed by atoms with Crippen molar-refractivity contribution in [1.82, 2.24) is 5.32 Å². The highest BCUT2D eigenvalue weighted by atomic mass is 79.9. The summed E-state index contributed by atoms with van der Waals surface area (Å²) in [5.41, 5.74) is 0.742. The Kier molecular flexibility index (Phi) is 3.57. The van der Waals surface area contributed by atoms with Gasteiger partial charge in [-0.3, -0.25) is 0 Å². The van der Waals surface area contributed by atoms with Crippen LogP contribution in [0.15, 0.2) is 22.7 Å². The van der Waals surface area contributed by atoms with Gasteiger partial charge in [-0.25, -0.2) is 4.79 Å². The van der Waals surface area contributed by atoms with Crippen molar-refractivity contribution in [1.29, 1.82) is 0 Å². The third-order valence-electron chi connectivity index (χ3n) is 1.48. The first-order chi connectivity index (χ1) is 6.11. The molecular weight excluding hydrogens is 257 g/mol. The van der Waals surface area contributed by atoms with E-state index in [0.29, 0.717) is 5.02 Å². The van der Waals surface area contributed by atoms with Gasteiger partial charge in [0, 0.05) is 21.6 Å². The van der Waals surface area contributed by atoms with E-state index in [2.05, 4.69) is 21.2 Å². The molecule has 0 heterocycles. The SMILES string of the molecule is O=C(O)NCc1c(Cl)cccc1Br. The first-order valence-electron chi connectivity index (χ1n) is 3.51. The second-order valence-corrected chi connectivity index (χ2v) is 3.62. The van der Waals surface area contributed by atoms with Crippen LogP contribution in [-0.4, -0.2) is 11.2 Å². The maximum absolute atomic E-state index is 10.2. The fourth-order valence-corrected chi connectivity index (χ4v) is 1.73. The van der Waals surface area contributed by atoms with Crippen molar-refractivity contribution < 1.29 is 9.90 Å². The van der Waals surface area contributed by atoms with Gasteiger partial charge in [0.25, 0.3) is 0 Å². The molecule has 1 aromatic carbocycles. The number of rotatable bonds is 2. The Hall–Kier alpha value is -0.740. The quantitative estimate of drug-likeness (QED) is 0.863. The van der Waals surface area contributed by atoms with Gasteiger partial charge in [-0.05, 0) is 12.1 Å². The van der Waals surface area contributed by atoms with E-state index in [0.717, 1.165) is 10.0 Å². The predicted molar refractivity (Wildman–Crippen MR) is 54.0 cm³/mol. The van der Waals surface area contributed by atoms with Crippen molar-refractivity contribution in [3.05, 3.63) is 33.3 Å². The zero-order valence-electron chi connectivity index (χ0n) is 6.55. The zero-order chi connectivity index (χ0) is 9.84. The van der Waals surface area contributed by atoms with E-state index < -0.39 is 6.09 Å². The summed E-state index contributed by atoms with van der Waals surface area (Å²) in [6.45, 7) is 0.204. The lowest BCUT2D eigenvalue weighted by atomic mass is 10.2. The van der Waals surface area contributed by atoms with Gasteiger partial charge in [0.05, 0.1) is 0 Å². The van der Waals surface area contributed by atoms with Gasteiger partial charge in [0.1, 0.15) is 0 Å². The molecule has 0 spiro atoms. The highest BCUT2D eigenvalue weighted by molar-refractivity contribution is 9.10. The molecule has 0 aromatic heterocycles. The summed E-state index contributed by atoms with van der Waals surface area (Å²) in [5, 5.41) is 11.2. The lowest BCUT2D eigenvalue weighted by Crippen LogP contribution is -2.20. The molecule has 0 aliphatic heterocycles. The normalized spacial score (nSPS) is 9.69. The van der Waals surface area contributed by atoms with Crippen LogP contribution in [0, 0.1) is 0 Å². The van der Waals surface area contributed by atoms with E-state index >= 15 is 0 Å². The van der Waals surface area contributed by atoms with Crippen molar-refractivity contribution in [3.8, 4) is 0 Å². The average molecular weight is 265 g/mol. The van der Waals surface area contributed by atoms with E-state index in [1.54, 1.807) is 12.1 Å². The van der Waals surface area contributed by atoms with Gasteiger partial charge in [-0.2, -0.15) is 0 Å². The second-order valence-electron chi connectivity index (χ2n) is 2.36. The topological polar surface area (TPSA) is 49.3 Å². The standard InChI is InChI=1S/C8H7BrClNO2/c9-6-2-1-3-7(10)5(6)4-11-8(12)13/h1-3,11H,4H2,(H,12,13). The highest BCUT2D eigenvalue weighted by Gasteiger charge is 2.05. The molecule has 2 N–H and O–H groups in total. The number of carbonyl (C=O) groups is 1. The van der Waals surface area contributed by atoms with Crippen LogP contribution in [-0.2, 0) is 6.54 Å². The van der Waals surface area contributed by atoms with Crippen molar-refractivity contribution in [3.63, 3.8) is 0 Å². The Labute approximate surface area is 88.8 Å². The highest BCUT2D eigenvalue weighted by Crippen LogP contribution is 2.24. The minimum atomic E-state index is -1.06. The van der Waals surface area contributed by atoms with Gasteiger partial charge in [0.15, 0.2) is 0 Å². The molecule has 0 unspecified atom stereocenters. The molecular formula is C8H7BrClNO2. The molecule has 0 bridgehead atoms. The van der Waals surface area contributed by atoms with E-state index in [1.165, 1.54) is 0 Å². The molecule has 1 amide bonds. The van der Waals surface area contributed by atoms with E-state index in [4.69, 9.17) is 16.7 Å². The number of hydrogen-bond acceptors (Lipinski definition) is 1. The van der Waals surface area contributed by atoms with Crippen LogP contribution in [0.3, 0.4) is 0 Å². The van der Waals surface area contributed by atoms with Crippen LogP contribution in [0.4, 0.5) is 4.79 Å². The molecule has 1 rings (SSSR count). The predicted octanol–water partition coefficient (Wildman–Crippen LogP) is 2.87. The third-order valence-corrected chi connectivity index (χ3v) is 2.58. The van der Waals surface area contributed by atoms with Crippen LogP contribution in [0.5, 0.6) is 0 Å². The molecule has 0 saturated heterocycles. The molecule has 3 nitrogen and oxygen atoms in total. The molecule has 0 aliphatic carbocycles. The Morgan fingerprint density at radius 1 is 1.62 bits per heavy atom. The summed E-state index contributed by atoms with van der Waals surface area (Å²) < 4.78 is 0.800. The minimum Gasteiger partial charge on any atom is -0.465 e. The van der Waals surface area contributed by atoms with Crippen LogP contribution in [0.25, 0.3) is 0 Å². The van der Waals surface area contributed by atoms with Gasteiger partial charge in [-0.1, -0.05) is 33.6 Å². The molecule has 1 aromatic rings. The van der Waals surface area contributed by atoms with Crippen LogP contribution in [0.1, 0.15) is 5.56 Å². The first kappa shape index (κ1) is 10.3. The summed E-state index contributed by atoms with van der Waals surface area (Å²) in [4.78, 5) is 10.2. The van der Waals surface area contributed by atoms with Crippen molar-refractivity contribution in [2.24, 2.45) is 0 Å². The van der Waals surface area contributed by atoms with E-state index in [9.17, 15) is 4.79 Å². The summed E-state index contributed by atoms with van der Waals surface area (Å²) in [6, 6.07) is 5.31. The number of halogens is 2. The molecule has 70 valence electrons. The first-order valence-corrected chi connectivity index (χ1v) is 4.68. The molecule has 0 fully saturated rings. The molecule has 0 radical (unpaired) electrons. The van der Waals surface area contributed by atoms with Gasteiger partial charge in [-0.15, -0.1) is 0 Å². The average Bonchev–Trinajstić information content (AvgIpc) is 2.03. The van der Waals surface area contributed by atoms with Crippen LogP contribution in [0.2, 0.25) is 5.02 Å². The Morgan fingerprint density at radius 2 is 2.31 bits per heavy atom. The van der Waals surface area contributed by atoms with Crippen molar-refractivity contribution >= 4 is 33.6 Å². The second kappa shape index (κ2) is 4.48. The molecule has 5 heteroatoms. The van der Waals surface area contributed by atoms with Gasteiger partial charge >= 0.3 is 6.09 Å². The maximum Gasteiger partial charge on any atom is 0.404 e. The van der Waals surface area contributed by atoms with Crippen LogP contribution >= 0.6 is 27.5 Å². The van der Waals surface area contributed by atoms with Gasteiger partial charge < -0.3 is 10.4 Å². The smallest absolute Gasteiger partial charge is 0.404 e. The lowest BCUT2D eigenvalue weighted by molar-refractivity contribution is 0.194. The number of amides is 1. The van der Waals surface area contributed by atoms with Crippen molar-refractivity contribution in [2.45, 2.75) is 6.54 Å². The van der Waals surface area contributed by atoms with Crippen LogP contribution < -0.4 is 5.32 Å². The number of hydrogen-bond donors (Lipinski definition) is 2. The summed E-state index contributed by atoms with van der Waals surface area (Å²) >= 11 is 9.13. The zero-order valence-corrected chi connectivity index (χ0v) is 8.89. The summed E-state index contributed by atoms with van der Waals surface area (Å²) in [5.74, 6) is 0. The maximum atomic E-state index is 10.2. The van der Waals surface area contributed by atoms with Crippen molar-refractivity contribution in [2.75, 3.05) is 0 Å². The number of carboxylic acid groups (broad SMARTS) is 1. The minimum absolute atomic E-state index is 0.204. The fraction of sp³-hybridized carbons (Fsp3) is 0.125. The fourth-order valence-electron chi connectivity index (χ4n) is 0.865. The largest absolute Gasteiger partial charge is 0.465 e. The monoisotopic (exact) mass is 263 g/mol. The molecule has 0 aliphatic rings. The van der Waals surface area contributed by atoms with E-state index in [-0.39, 0.29) is 6.54 Å². The summed E-state index contributed by atoms with van der Waals surface area (Å²) in [7, 11) is 0. The summed E-state index contributed by atoms with van der Waals surface area (Å²) in [6.07, 6.45) is -1.06. The third kappa shape index (κ3) is 2.90. The number of benzene rings is 1. The van der Waals surface area contributed by atoms with E-state index in [1.807, 2.05) is 6.07 Å². The molecule has 0 saturated carbocycles. The van der Waals surface area contributed by atoms with Gasteiger partial charge in [0.2, 0.25) is 0 Å².